The summed E-state index contributed by atoms with van der Waals surface area (Å²) in [6, 6.07) is 16.4. The highest BCUT2D eigenvalue weighted by atomic mass is 32.2. The van der Waals surface area contributed by atoms with E-state index in [4.69, 9.17) is 0 Å². The minimum absolute atomic E-state index is 0.320. The van der Waals surface area contributed by atoms with Crippen molar-refractivity contribution in [1.29, 1.82) is 0 Å². The molecule has 32 heavy (non-hydrogen) atoms. The van der Waals surface area contributed by atoms with E-state index in [1.165, 1.54) is 51.1 Å². The van der Waals surface area contributed by atoms with Crippen LogP contribution in [0.4, 0.5) is 5.69 Å². The molecule has 0 heterocycles. The molecular weight excluding hydrogens is 420 g/mol. The molecule has 2 aromatic rings. The first-order valence-corrected chi connectivity index (χ1v) is 13.5. The third-order valence-electron chi connectivity index (χ3n) is 8.05. The van der Waals surface area contributed by atoms with Gasteiger partial charge in [0.25, 0.3) is 0 Å². The van der Waals surface area contributed by atoms with Gasteiger partial charge < -0.3 is 5.32 Å². The number of nitrogens with zero attached hydrogens (tertiary/aromatic N) is 1. The number of sulfonamides is 1. The maximum absolute atomic E-state index is 13.2. The van der Waals surface area contributed by atoms with Gasteiger partial charge in [-0.25, -0.2) is 8.42 Å². The van der Waals surface area contributed by atoms with Gasteiger partial charge in [-0.1, -0.05) is 42.5 Å². The summed E-state index contributed by atoms with van der Waals surface area (Å²) in [5, 5.41) is 2.95. The van der Waals surface area contributed by atoms with Crippen LogP contribution in [0.2, 0.25) is 0 Å². The van der Waals surface area contributed by atoms with Crippen LogP contribution in [0, 0.1) is 17.8 Å². The molecule has 5 nitrogen and oxygen atoms in total. The molecule has 1 amide bonds. The molecule has 170 valence electrons. The number of hydrogen-bond donors (Lipinski definition) is 1. The second-order valence-corrected chi connectivity index (χ2v) is 12.4. The maximum Gasteiger partial charge on any atom is 0.247 e. The predicted molar refractivity (Wildman–Crippen MR) is 127 cm³/mol. The Hall–Kier alpha value is -2.18. The van der Waals surface area contributed by atoms with Gasteiger partial charge in [0.05, 0.1) is 6.26 Å². The highest BCUT2D eigenvalue weighted by molar-refractivity contribution is 7.88. The molecule has 1 N–H and O–H groups in total. The van der Waals surface area contributed by atoms with E-state index in [2.05, 4.69) is 17.4 Å². The number of nitrogens with one attached hydrogen (secondary N) is 1. The quantitative estimate of drug-likeness (QED) is 0.689. The van der Waals surface area contributed by atoms with Crippen molar-refractivity contribution in [1.82, 2.24) is 4.31 Å². The number of amides is 1. The van der Waals surface area contributed by atoms with Crippen LogP contribution in [0.5, 0.6) is 0 Å². The molecule has 1 atom stereocenters. The van der Waals surface area contributed by atoms with E-state index in [1.54, 1.807) is 12.1 Å². The van der Waals surface area contributed by atoms with Crippen LogP contribution >= 0.6 is 0 Å². The minimum Gasteiger partial charge on any atom is -0.324 e. The van der Waals surface area contributed by atoms with Gasteiger partial charge in [-0.15, -0.1) is 0 Å². The van der Waals surface area contributed by atoms with Crippen LogP contribution in [-0.2, 0) is 20.2 Å². The zero-order valence-electron chi connectivity index (χ0n) is 18.8. The summed E-state index contributed by atoms with van der Waals surface area (Å²) >= 11 is 0. The molecule has 1 unspecified atom stereocenters. The van der Waals surface area contributed by atoms with Crippen LogP contribution in [0.25, 0.3) is 0 Å². The van der Waals surface area contributed by atoms with E-state index >= 15 is 0 Å². The average Bonchev–Trinajstić information content (AvgIpc) is 2.73. The molecular formula is C26H32N2O3S. The van der Waals surface area contributed by atoms with E-state index in [0.717, 1.165) is 28.3 Å². The van der Waals surface area contributed by atoms with E-state index in [9.17, 15) is 13.2 Å². The molecule has 0 spiro atoms. The monoisotopic (exact) mass is 452 g/mol. The Kier molecular flexibility index (Phi) is 5.41. The lowest BCUT2D eigenvalue weighted by atomic mass is 9.48. The molecule has 0 radical (unpaired) electrons. The van der Waals surface area contributed by atoms with Crippen LogP contribution < -0.4 is 5.32 Å². The Morgan fingerprint density at radius 2 is 1.47 bits per heavy atom. The molecule has 0 aliphatic heterocycles. The number of likely N-dealkylation sites (N-methyl/N-ethyl adjacent to an activating group) is 1. The summed E-state index contributed by atoms with van der Waals surface area (Å²) in [5.41, 5.74) is 3.07. The molecule has 4 saturated carbocycles. The Morgan fingerprint density at radius 1 is 0.938 bits per heavy atom. The van der Waals surface area contributed by atoms with Crippen LogP contribution in [0.1, 0.15) is 55.7 Å². The van der Waals surface area contributed by atoms with Crippen molar-refractivity contribution in [2.45, 2.75) is 50.0 Å². The van der Waals surface area contributed by atoms with Gasteiger partial charge in [-0.3, -0.25) is 4.79 Å². The first kappa shape index (κ1) is 21.7. The van der Waals surface area contributed by atoms with Gasteiger partial charge in [0, 0.05) is 12.7 Å². The van der Waals surface area contributed by atoms with Crippen LogP contribution in [-0.4, -0.2) is 31.9 Å². The largest absolute Gasteiger partial charge is 0.324 e. The Balaban J connectivity index is 1.36. The summed E-state index contributed by atoms with van der Waals surface area (Å²) < 4.78 is 25.5. The van der Waals surface area contributed by atoms with Crippen LogP contribution in [0.15, 0.2) is 54.6 Å². The standard InChI is InChI=1S/C26H32N2O3S/c1-28(32(2,30)31)24(21-6-4-3-5-7-21)25(29)27-23-10-8-22(9-11-23)26-15-18-12-19(16-26)14-20(13-18)17-26/h3-11,18-20,24H,12-17H2,1-2H3,(H,27,29). The summed E-state index contributed by atoms with van der Waals surface area (Å²) in [6.07, 6.45) is 9.29. The molecule has 4 aliphatic rings. The lowest BCUT2D eigenvalue weighted by molar-refractivity contribution is -0.119. The molecule has 4 bridgehead atoms. The van der Waals surface area contributed by atoms with Crippen molar-refractivity contribution in [2.75, 3.05) is 18.6 Å². The number of rotatable bonds is 6. The van der Waals surface area contributed by atoms with Crippen molar-refractivity contribution in [2.24, 2.45) is 17.8 Å². The number of hydrogen-bond acceptors (Lipinski definition) is 3. The number of benzene rings is 2. The third kappa shape index (κ3) is 3.99. The number of carbonyl (C=O) groups is 1. The van der Waals surface area contributed by atoms with Gasteiger partial charge in [0.2, 0.25) is 15.9 Å². The van der Waals surface area contributed by atoms with Gasteiger partial charge in [0.1, 0.15) is 6.04 Å². The maximum atomic E-state index is 13.2. The van der Waals surface area contributed by atoms with Crippen molar-refractivity contribution in [3.05, 3.63) is 65.7 Å². The first-order valence-electron chi connectivity index (χ1n) is 11.6. The molecule has 2 aromatic carbocycles. The zero-order valence-corrected chi connectivity index (χ0v) is 19.6. The lowest BCUT2D eigenvalue weighted by Crippen LogP contribution is -2.48. The highest BCUT2D eigenvalue weighted by Crippen LogP contribution is 2.60. The first-order chi connectivity index (χ1) is 15.2. The van der Waals surface area contributed by atoms with E-state index in [-0.39, 0.29) is 5.91 Å². The van der Waals surface area contributed by atoms with Gasteiger partial charge in [0.15, 0.2) is 0 Å². The van der Waals surface area contributed by atoms with Gasteiger partial charge in [-0.05, 0) is 85.0 Å². The van der Waals surface area contributed by atoms with Crippen molar-refractivity contribution >= 4 is 21.6 Å². The fourth-order valence-electron chi connectivity index (χ4n) is 6.94. The average molecular weight is 453 g/mol. The summed E-state index contributed by atoms with van der Waals surface area (Å²) in [4.78, 5) is 13.2. The van der Waals surface area contributed by atoms with Crippen LogP contribution in [0.3, 0.4) is 0 Å². The summed E-state index contributed by atoms with van der Waals surface area (Å²) in [6.45, 7) is 0. The van der Waals surface area contributed by atoms with Gasteiger partial charge in [-0.2, -0.15) is 4.31 Å². The fourth-order valence-corrected chi connectivity index (χ4v) is 7.54. The normalized spacial score (nSPS) is 29.8. The van der Waals surface area contributed by atoms with E-state index in [0.29, 0.717) is 16.7 Å². The lowest BCUT2D eigenvalue weighted by Gasteiger charge is -2.57. The molecule has 6 heteroatoms. The topological polar surface area (TPSA) is 66.5 Å². The Labute approximate surface area is 191 Å². The van der Waals surface area contributed by atoms with E-state index in [1.807, 2.05) is 30.3 Å². The molecule has 0 saturated heterocycles. The highest BCUT2D eigenvalue weighted by Gasteiger charge is 2.51. The number of anilines is 1. The number of carbonyl (C=O) groups excluding carboxylic acids is 1. The predicted octanol–water partition coefficient (Wildman–Crippen LogP) is 4.73. The molecule has 4 fully saturated rings. The van der Waals surface area contributed by atoms with E-state index < -0.39 is 16.1 Å². The second-order valence-electron chi connectivity index (χ2n) is 10.4. The molecule has 6 rings (SSSR count). The molecule has 4 aliphatic carbocycles. The SMILES string of the molecule is CN(C(C(=O)Nc1ccc(C23CC4CC(CC(C4)C2)C3)cc1)c1ccccc1)S(C)(=O)=O. The van der Waals surface area contributed by atoms with Gasteiger partial charge >= 0.3 is 0 Å². The van der Waals surface area contributed by atoms with Crippen molar-refractivity contribution in [3.63, 3.8) is 0 Å². The Morgan fingerprint density at radius 3 is 1.97 bits per heavy atom. The third-order valence-corrected chi connectivity index (χ3v) is 9.31. The zero-order chi connectivity index (χ0) is 22.5. The summed E-state index contributed by atoms with van der Waals surface area (Å²) in [7, 11) is -2.10. The molecule has 0 aromatic heterocycles. The smallest absolute Gasteiger partial charge is 0.247 e. The minimum atomic E-state index is -3.55. The fraction of sp³-hybridized carbons (Fsp3) is 0.500. The summed E-state index contributed by atoms with van der Waals surface area (Å²) in [5.74, 6) is 2.31. The van der Waals surface area contributed by atoms with Crippen molar-refractivity contribution < 1.29 is 13.2 Å². The second kappa shape index (κ2) is 7.99. The van der Waals surface area contributed by atoms with Crippen molar-refractivity contribution in [3.8, 4) is 0 Å². The Bertz CT molecular complexity index is 1060.